The van der Waals surface area contributed by atoms with Crippen LogP contribution in [0.25, 0.3) is 11.1 Å². The number of hydrogen-bond acceptors (Lipinski definition) is 6. The second kappa shape index (κ2) is 11.1. The zero-order valence-corrected chi connectivity index (χ0v) is 22.4. The van der Waals surface area contributed by atoms with Crippen molar-refractivity contribution < 1.29 is 14.3 Å². The largest absolute Gasteiger partial charge is 0.496 e. The summed E-state index contributed by atoms with van der Waals surface area (Å²) >= 11 is 1.39. The van der Waals surface area contributed by atoms with E-state index in [1.807, 2.05) is 55.6 Å². The number of thiophene rings is 1. The molecule has 0 bridgehead atoms. The van der Waals surface area contributed by atoms with Crippen molar-refractivity contribution in [3.05, 3.63) is 69.4 Å². The fourth-order valence-electron chi connectivity index (χ4n) is 4.41. The van der Waals surface area contributed by atoms with Crippen LogP contribution in [0.15, 0.2) is 47.8 Å². The van der Waals surface area contributed by atoms with E-state index in [4.69, 9.17) is 4.74 Å². The predicted octanol–water partition coefficient (Wildman–Crippen LogP) is 4.33. The maximum Gasteiger partial charge on any atom is 0.261 e. The minimum absolute atomic E-state index is 0.0919. The monoisotopic (exact) mass is 506 g/mol. The molecule has 1 saturated heterocycles. The Morgan fingerprint density at radius 2 is 1.78 bits per heavy atom. The topological polar surface area (TPSA) is 73.9 Å². The number of nitrogens with zero attached hydrogens (tertiary/aromatic N) is 2. The van der Waals surface area contributed by atoms with Gasteiger partial charge in [0, 0.05) is 50.0 Å². The van der Waals surface area contributed by atoms with Crippen molar-refractivity contribution in [1.82, 2.24) is 15.5 Å². The lowest BCUT2D eigenvalue weighted by atomic mass is 9.99. The van der Waals surface area contributed by atoms with Gasteiger partial charge in [0.2, 0.25) is 0 Å². The molecule has 190 valence electrons. The first-order valence-corrected chi connectivity index (χ1v) is 13.0. The fraction of sp³-hybridized carbons (Fsp3) is 0.357. The highest BCUT2D eigenvalue weighted by atomic mass is 32.1. The summed E-state index contributed by atoms with van der Waals surface area (Å²) in [6.45, 7) is 7.89. The van der Waals surface area contributed by atoms with Gasteiger partial charge >= 0.3 is 0 Å². The van der Waals surface area contributed by atoms with Crippen LogP contribution in [0.5, 0.6) is 5.75 Å². The van der Waals surface area contributed by atoms with Crippen LogP contribution in [0.3, 0.4) is 0 Å². The van der Waals surface area contributed by atoms with Crippen LogP contribution >= 0.6 is 11.3 Å². The molecule has 1 aliphatic heterocycles. The first kappa shape index (κ1) is 25.7. The van der Waals surface area contributed by atoms with Crippen LogP contribution in [0.4, 0.5) is 5.69 Å². The Balaban J connectivity index is 1.54. The lowest BCUT2D eigenvalue weighted by Crippen LogP contribution is -2.44. The standard InChI is InChI=1S/C28H34N4O3S/c1-18-6-8-22(32-12-10-31(4)11-13-32)16-23(18)27(33)30-19(2)20-7-9-25(35-5)24(14-20)21-15-26(36-17-21)28(34)29-3/h6-9,14-17,19H,10-13H2,1-5H3,(H,29,34)(H,30,33)/t19-/m1/s1. The van der Waals surface area contributed by atoms with Gasteiger partial charge in [-0.1, -0.05) is 12.1 Å². The molecule has 2 N–H and O–H groups in total. The maximum atomic E-state index is 13.3. The molecule has 1 aromatic heterocycles. The van der Waals surface area contributed by atoms with Gasteiger partial charge in [-0.05, 0) is 73.3 Å². The number of methoxy groups -OCH3 is 1. The van der Waals surface area contributed by atoms with Crippen LogP contribution in [0.2, 0.25) is 0 Å². The second-order valence-corrected chi connectivity index (χ2v) is 10.1. The SMILES string of the molecule is CNC(=O)c1cc(-c2cc([C@@H](C)NC(=O)c3cc(N4CCN(C)CC4)ccc3C)ccc2OC)cs1. The Labute approximate surface area is 217 Å². The molecule has 36 heavy (non-hydrogen) atoms. The zero-order valence-electron chi connectivity index (χ0n) is 21.6. The number of carbonyl (C=O) groups excluding carboxylic acids is 2. The van der Waals surface area contributed by atoms with Crippen molar-refractivity contribution in [3.63, 3.8) is 0 Å². The molecule has 0 radical (unpaired) electrons. The third-order valence-electron chi connectivity index (χ3n) is 6.77. The van der Waals surface area contributed by atoms with E-state index in [1.54, 1.807) is 14.2 Å². The van der Waals surface area contributed by atoms with Gasteiger partial charge in [-0.3, -0.25) is 9.59 Å². The molecule has 7 nitrogen and oxygen atoms in total. The van der Waals surface area contributed by atoms with Crippen LogP contribution in [-0.4, -0.2) is 64.1 Å². The molecular formula is C28H34N4O3S. The third kappa shape index (κ3) is 5.55. The Kier molecular flexibility index (Phi) is 7.96. The Morgan fingerprint density at radius 1 is 1.03 bits per heavy atom. The van der Waals surface area contributed by atoms with Gasteiger partial charge in [-0.25, -0.2) is 0 Å². The highest BCUT2D eigenvalue weighted by Crippen LogP contribution is 2.35. The third-order valence-corrected chi connectivity index (χ3v) is 7.70. The molecule has 0 unspecified atom stereocenters. The summed E-state index contributed by atoms with van der Waals surface area (Å²) in [4.78, 5) is 30.6. The molecule has 2 heterocycles. The number of aryl methyl sites for hydroxylation is 1. The molecule has 1 atom stereocenters. The number of piperazine rings is 1. The van der Waals surface area contributed by atoms with Gasteiger partial charge in [0.1, 0.15) is 5.75 Å². The Morgan fingerprint density at radius 3 is 2.47 bits per heavy atom. The van der Waals surface area contributed by atoms with E-state index in [0.717, 1.165) is 54.1 Å². The summed E-state index contributed by atoms with van der Waals surface area (Å²) in [5.74, 6) is 0.510. The fourth-order valence-corrected chi connectivity index (χ4v) is 5.27. The first-order valence-electron chi connectivity index (χ1n) is 12.1. The summed E-state index contributed by atoms with van der Waals surface area (Å²) in [5, 5.41) is 7.78. The molecule has 0 saturated carbocycles. The molecule has 2 aromatic carbocycles. The normalized spacial score (nSPS) is 14.9. The molecule has 1 aliphatic rings. The first-order chi connectivity index (χ1) is 17.3. The van der Waals surface area contributed by atoms with E-state index >= 15 is 0 Å². The molecule has 1 fully saturated rings. The minimum Gasteiger partial charge on any atom is -0.496 e. The van der Waals surface area contributed by atoms with Crippen molar-refractivity contribution >= 4 is 28.8 Å². The molecule has 4 rings (SSSR count). The molecule has 2 amide bonds. The number of amides is 2. The summed E-state index contributed by atoms with van der Waals surface area (Å²) in [6.07, 6.45) is 0. The van der Waals surface area contributed by atoms with Crippen molar-refractivity contribution in [2.75, 3.05) is 52.3 Å². The van der Waals surface area contributed by atoms with Crippen molar-refractivity contribution in [2.24, 2.45) is 0 Å². The average molecular weight is 507 g/mol. The number of rotatable bonds is 7. The van der Waals surface area contributed by atoms with Crippen LogP contribution in [-0.2, 0) is 0 Å². The van der Waals surface area contributed by atoms with Gasteiger partial charge in [0.05, 0.1) is 18.0 Å². The average Bonchev–Trinajstić information content (AvgIpc) is 3.39. The van der Waals surface area contributed by atoms with Gasteiger partial charge in [-0.2, -0.15) is 0 Å². The summed E-state index contributed by atoms with van der Waals surface area (Å²) < 4.78 is 5.58. The van der Waals surface area contributed by atoms with E-state index in [0.29, 0.717) is 16.2 Å². The van der Waals surface area contributed by atoms with Crippen LogP contribution < -0.4 is 20.3 Å². The van der Waals surface area contributed by atoms with Crippen LogP contribution in [0.1, 0.15) is 44.1 Å². The van der Waals surface area contributed by atoms with Gasteiger partial charge in [0.15, 0.2) is 0 Å². The second-order valence-electron chi connectivity index (χ2n) is 9.22. The van der Waals surface area contributed by atoms with E-state index in [1.165, 1.54) is 11.3 Å². The van der Waals surface area contributed by atoms with Gasteiger partial charge < -0.3 is 25.2 Å². The van der Waals surface area contributed by atoms with E-state index in [-0.39, 0.29) is 17.9 Å². The molecule has 8 heteroatoms. The smallest absolute Gasteiger partial charge is 0.261 e. The number of nitrogens with one attached hydrogen (secondary N) is 2. The molecular weight excluding hydrogens is 472 g/mol. The minimum atomic E-state index is -0.217. The highest BCUT2D eigenvalue weighted by molar-refractivity contribution is 7.12. The number of likely N-dealkylation sites (N-methyl/N-ethyl adjacent to an activating group) is 1. The number of anilines is 1. The summed E-state index contributed by atoms with van der Waals surface area (Å²) in [5.41, 5.74) is 5.48. The maximum absolute atomic E-state index is 13.3. The van der Waals surface area contributed by atoms with E-state index in [9.17, 15) is 9.59 Å². The van der Waals surface area contributed by atoms with Crippen molar-refractivity contribution in [2.45, 2.75) is 19.9 Å². The predicted molar refractivity (Wildman–Crippen MR) is 146 cm³/mol. The highest BCUT2D eigenvalue weighted by Gasteiger charge is 2.20. The number of benzene rings is 2. The zero-order chi connectivity index (χ0) is 25.8. The lowest BCUT2D eigenvalue weighted by Gasteiger charge is -2.34. The Hall–Kier alpha value is -3.36. The summed E-state index contributed by atoms with van der Waals surface area (Å²) in [7, 11) is 5.39. The van der Waals surface area contributed by atoms with Crippen molar-refractivity contribution in [3.8, 4) is 16.9 Å². The van der Waals surface area contributed by atoms with E-state index < -0.39 is 0 Å². The van der Waals surface area contributed by atoms with E-state index in [2.05, 4.69) is 33.5 Å². The Bertz CT molecular complexity index is 1250. The lowest BCUT2D eigenvalue weighted by molar-refractivity contribution is 0.0937. The van der Waals surface area contributed by atoms with Crippen LogP contribution in [0, 0.1) is 6.92 Å². The van der Waals surface area contributed by atoms with Gasteiger partial charge in [0.25, 0.3) is 11.8 Å². The quantitative estimate of drug-likeness (QED) is 0.499. The van der Waals surface area contributed by atoms with Gasteiger partial charge in [-0.15, -0.1) is 11.3 Å². The number of carbonyl (C=O) groups is 2. The molecule has 3 aromatic rings. The summed E-state index contributed by atoms with van der Waals surface area (Å²) in [6, 6.07) is 13.7. The molecule has 0 aliphatic carbocycles. The number of hydrogen-bond donors (Lipinski definition) is 2. The number of ether oxygens (including phenoxy) is 1. The van der Waals surface area contributed by atoms with Crippen molar-refractivity contribution in [1.29, 1.82) is 0 Å². The molecule has 0 spiro atoms.